The molecule has 2 aromatic heterocycles. The van der Waals surface area contributed by atoms with E-state index >= 15 is 0 Å². The van der Waals surface area contributed by atoms with Crippen LogP contribution in [0.15, 0.2) is 47.6 Å². The van der Waals surface area contributed by atoms with Crippen molar-refractivity contribution in [3.63, 3.8) is 0 Å². The van der Waals surface area contributed by atoms with E-state index in [2.05, 4.69) is 36.1 Å². The van der Waals surface area contributed by atoms with Crippen molar-refractivity contribution >= 4 is 27.1 Å². The number of carbonyl (C=O) groups excluding carboxylic acids is 1. The van der Waals surface area contributed by atoms with E-state index in [4.69, 9.17) is 0 Å². The van der Waals surface area contributed by atoms with Crippen molar-refractivity contribution in [2.75, 3.05) is 0 Å². The number of benzene rings is 1. The second kappa shape index (κ2) is 8.15. The molecule has 0 spiro atoms. The Labute approximate surface area is 207 Å². The van der Waals surface area contributed by atoms with Crippen LogP contribution < -0.4 is 5.32 Å². The summed E-state index contributed by atoms with van der Waals surface area (Å²) < 4.78 is 27.3. The number of amides is 1. The number of hydrogen-bond acceptors (Lipinski definition) is 5. The fraction of sp³-hybridized carbons (Fsp3) is 0.519. The number of carbonyl (C=O) groups is 1. The lowest BCUT2D eigenvalue weighted by Gasteiger charge is -2.58. The van der Waals surface area contributed by atoms with Gasteiger partial charge in [-0.3, -0.25) is 4.79 Å². The lowest BCUT2D eigenvalue weighted by molar-refractivity contribution is -0.146. The van der Waals surface area contributed by atoms with E-state index in [1.54, 1.807) is 36.5 Å². The van der Waals surface area contributed by atoms with Crippen LogP contribution in [0.25, 0.3) is 11.2 Å². The lowest BCUT2D eigenvalue weighted by atomic mass is 9.47. The van der Waals surface area contributed by atoms with Crippen molar-refractivity contribution in [3.8, 4) is 0 Å². The molecule has 1 N–H and O–H groups in total. The molecule has 3 saturated carbocycles. The van der Waals surface area contributed by atoms with Gasteiger partial charge in [-0.2, -0.15) is 0 Å². The zero-order valence-electron chi connectivity index (χ0n) is 21.0. The van der Waals surface area contributed by atoms with E-state index in [9.17, 15) is 13.2 Å². The number of aryl methyl sites for hydroxylation is 1. The van der Waals surface area contributed by atoms with Crippen LogP contribution in [-0.2, 0) is 21.4 Å². The van der Waals surface area contributed by atoms with E-state index in [1.165, 1.54) is 6.20 Å². The van der Waals surface area contributed by atoms with Gasteiger partial charge >= 0.3 is 0 Å². The summed E-state index contributed by atoms with van der Waals surface area (Å²) in [4.78, 5) is 22.4. The number of aromatic nitrogens is 3. The largest absolute Gasteiger partial charge is 0.350 e. The van der Waals surface area contributed by atoms with Gasteiger partial charge in [0.15, 0.2) is 5.65 Å². The van der Waals surface area contributed by atoms with Crippen LogP contribution in [0, 0.1) is 23.2 Å². The van der Waals surface area contributed by atoms with Crippen LogP contribution in [0.5, 0.6) is 0 Å². The lowest BCUT2D eigenvalue weighted by Crippen LogP contribution is -2.53. The molecular weight excluding hydrogens is 460 g/mol. The Morgan fingerprint density at radius 1 is 1.03 bits per heavy atom. The Kier molecular flexibility index (Phi) is 5.58. The van der Waals surface area contributed by atoms with Crippen molar-refractivity contribution in [1.82, 2.24) is 19.3 Å². The summed E-state index contributed by atoms with van der Waals surface area (Å²) in [7, 11) is -3.77. The van der Waals surface area contributed by atoms with Crippen molar-refractivity contribution < 1.29 is 13.2 Å². The Hall–Kier alpha value is -2.74. The maximum Gasteiger partial charge on any atom is 0.269 e. The Balaban J connectivity index is 1.29. The van der Waals surface area contributed by atoms with Gasteiger partial charge in [-0.15, -0.1) is 0 Å². The highest BCUT2D eigenvalue weighted by molar-refractivity contribution is 7.90. The topological polar surface area (TPSA) is 94.0 Å². The molecule has 3 aromatic rings. The summed E-state index contributed by atoms with van der Waals surface area (Å²) in [6.07, 6.45) is 9.19. The number of fused-ring (bicyclic) bond motifs is 4. The smallest absolute Gasteiger partial charge is 0.269 e. The third-order valence-electron chi connectivity index (χ3n) is 8.73. The molecule has 7 nitrogen and oxygen atoms in total. The van der Waals surface area contributed by atoms with Crippen LogP contribution >= 0.6 is 0 Å². The van der Waals surface area contributed by atoms with Crippen molar-refractivity contribution in [1.29, 1.82) is 0 Å². The minimum absolute atomic E-state index is 0.112. The molecule has 3 fully saturated rings. The summed E-state index contributed by atoms with van der Waals surface area (Å²) in [5, 5.41) is 3.10. The molecule has 1 aromatic carbocycles. The molecule has 6 rings (SSSR count). The number of rotatable bonds is 5. The van der Waals surface area contributed by atoms with Crippen molar-refractivity contribution in [3.05, 3.63) is 54.0 Å². The number of hydrogen-bond donors (Lipinski definition) is 1. The zero-order chi connectivity index (χ0) is 25.1. The third-order valence-corrected chi connectivity index (χ3v) is 10.4. The summed E-state index contributed by atoms with van der Waals surface area (Å²) >= 11 is 0. The average molecular weight is 495 g/mol. The molecule has 35 heavy (non-hydrogen) atoms. The number of nitrogens with one attached hydrogen (secondary N) is 1. The van der Waals surface area contributed by atoms with Crippen LogP contribution in [0.4, 0.5) is 0 Å². The van der Waals surface area contributed by atoms with E-state index in [0.29, 0.717) is 16.6 Å². The minimum Gasteiger partial charge on any atom is -0.350 e. The Morgan fingerprint density at radius 3 is 2.26 bits per heavy atom. The summed E-state index contributed by atoms with van der Waals surface area (Å²) in [5.74, 6) is 0.112. The zero-order valence-corrected chi connectivity index (χ0v) is 21.8. The standard InChI is InChI=1S/C27H34N4O3S/c1-19-5-7-21(8-6-19)35(33,34)31-16-9-22-23(31)28-17-20(30-22)18-29-24(32)26-10-13-27(14-11-26,15-12-26)25(2,3)4/h5-9,16-17H,10-15,18H2,1-4H3,(H,29,32). The molecular formula is C27H34N4O3S. The highest BCUT2D eigenvalue weighted by Gasteiger charge is 2.55. The predicted octanol–water partition coefficient (Wildman–Crippen LogP) is 4.98. The third kappa shape index (κ3) is 3.96. The van der Waals surface area contributed by atoms with Crippen LogP contribution in [-0.4, -0.2) is 28.3 Å². The van der Waals surface area contributed by atoms with Gasteiger partial charge in [0.2, 0.25) is 5.91 Å². The molecule has 0 unspecified atom stereocenters. The molecule has 0 aliphatic heterocycles. The summed E-state index contributed by atoms with van der Waals surface area (Å²) in [6, 6.07) is 8.37. The van der Waals surface area contributed by atoms with Gasteiger partial charge < -0.3 is 5.32 Å². The molecule has 0 radical (unpaired) electrons. The van der Waals surface area contributed by atoms with Gasteiger partial charge in [0, 0.05) is 11.6 Å². The van der Waals surface area contributed by atoms with Crippen LogP contribution in [0.1, 0.15) is 70.6 Å². The van der Waals surface area contributed by atoms with E-state index in [0.717, 1.165) is 48.1 Å². The Bertz CT molecular complexity index is 1360. The van der Waals surface area contributed by atoms with Crippen LogP contribution in [0.3, 0.4) is 0 Å². The molecule has 8 heteroatoms. The van der Waals surface area contributed by atoms with Gasteiger partial charge in [0.25, 0.3) is 10.0 Å². The number of nitrogens with zero attached hydrogens (tertiary/aromatic N) is 3. The fourth-order valence-corrected chi connectivity index (χ4v) is 7.33. The predicted molar refractivity (Wildman–Crippen MR) is 135 cm³/mol. The second-order valence-electron chi connectivity index (χ2n) is 11.5. The molecule has 0 atom stereocenters. The van der Waals surface area contributed by atoms with Gasteiger partial charge in [0.1, 0.15) is 5.52 Å². The second-order valence-corrected chi connectivity index (χ2v) is 13.3. The summed E-state index contributed by atoms with van der Waals surface area (Å²) in [6.45, 7) is 9.19. The van der Waals surface area contributed by atoms with E-state index < -0.39 is 10.0 Å². The first-order chi connectivity index (χ1) is 16.5. The van der Waals surface area contributed by atoms with Gasteiger partial charge in [-0.1, -0.05) is 38.5 Å². The van der Waals surface area contributed by atoms with Crippen molar-refractivity contribution in [2.45, 2.75) is 77.7 Å². The highest BCUT2D eigenvalue weighted by Crippen LogP contribution is 2.63. The quantitative estimate of drug-likeness (QED) is 0.540. The van der Waals surface area contributed by atoms with Gasteiger partial charge in [-0.25, -0.2) is 22.4 Å². The molecule has 2 bridgehead atoms. The molecule has 2 heterocycles. The molecule has 1 amide bonds. The first kappa shape index (κ1) is 24.0. The van der Waals surface area contributed by atoms with Gasteiger partial charge in [-0.05, 0) is 74.5 Å². The fourth-order valence-electron chi connectivity index (χ4n) is 6.04. The monoisotopic (exact) mass is 494 g/mol. The van der Waals surface area contributed by atoms with E-state index in [1.807, 2.05) is 6.92 Å². The molecule has 3 aliphatic rings. The van der Waals surface area contributed by atoms with E-state index in [-0.39, 0.29) is 33.8 Å². The highest BCUT2D eigenvalue weighted by atomic mass is 32.2. The normalized spacial score (nSPS) is 24.6. The Morgan fingerprint density at radius 2 is 1.66 bits per heavy atom. The molecule has 0 saturated heterocycles. The molecule has 186 valence electrons. The maximum absolute atomic E-state index is 13.2. The van der Waals surface area contributed by atoms with Crippen LogP contribution in [0.2, 0.25) is 0 Å². The first-order valence-corrected chi connectivity index (χ1v) is 13.8. The first-order valence-electron chi connectivity index (χ1n) is 12.4. The minimum atomic E-state index is -3.77. The van der Waals surface area contributed by atoms with Crippen molar-refractivity contribution in [2.24, 2.45) is 16.2 Å². The van der Waals surface area contributed by atoms with Gasteiger partial charge in [0.05, 0.1) is 23.3 Å². The molecule has 3 aliphatic carbocycles. The average Bonchev–Trinajstić information content (AvgIpc) is 3.27. The summed E-state index contributed by atoms with van der Waals surface area (Å²) in [5.41, 5.74) is 2.72. The maximum atomic E-state index is 13.2. The SMILES string of the molecule is Cc1ccc(S(=O)(=O)n2ccc3nc(CNC(=O)C45CCC(C(C)(C)C)(CC4)CC5)cnc32)cc1.